The van der Waals surface area contributed by atoms with Crippen LogP contribution in [0.3, 0.4) is 0 Å². The fraction of sp³-hybridized carbons (Fsp3) is 0.375. The lowest BCUT2D eigenvalue weighted by Gasteiger charge is -2.35. The molecule has 0 spiro atoms. The molecule has 1 aliphatic rings. The van der Waals surface area contributed by atoms with E-state index in [1.165, 1.54) is 21.3 Å². The number of hydrogen-bond donors (Lipinski definition) is 1. The number of carbonyl (C=O) groups excluding carboxylic acids is 1. The average Bonchev–Trinajstić information content (AvgIpc) is 2.87. The molecular formula is C24H29N5O5. The van der Waals surface area contributed by atoms with Gasteiger partial charge in [-0.2, -0.15) is 0 Å². The zero-order valence-electron chi connectivity index (χ0n) is 19.8. The third kappa shape index (κ3) is 4.30. The smallest absolute Gasteiger partial charge is 0.321 e. The summed E-state index contributed by atoms with van der Waals surface area (Å²) >= 11 is 0. The maximum Gasteiger partial charge on any atom is 0.321 e. The molecule has 34 heavy (non-hydrogen) atoms. The number of aryl methyl sites for hydroxylation is 1. The summed E-state index contributed by atoms with van der Waals surface area (Å²) in [4.78, 5) is 34.3. The second-order valence-corrected chi connectivity index (χ2v) is 7.79. The van der Waals surface area contributed by atoms with Gasteiger partial charge in [-0.25, -0.2) is 9.78 Å². The Kier molecular flexibility index (Phi) is 6.76. The number of fused-ring (bicyclic) bond motifs is 1. The van der Waals surface area contributed by atoms with Crippen molar-refractivity contribution in [3.63, 3.8) is 0 Å². The van der Waals surface area contributed by atoms with E-state index in [1.54, 1.807) is 21.6 Å². The van der Waals surface area contributed by atoms with Gasteiger partial charge in [-0.3, -0.25) is 4.79 Å². The number of aromatic nitrogens is 2. The zero-order chi connectivity index (χ0) is 24.2. The molecule has 0 radical (unpaired) electrons. The van der Waals surface area contributed by atoms with Crippen molar-refractivity contribution >= 4 is 28.6 Å². The van der Waals surface area contributed by atoms with Crippen LogP contribution >= 0.6 is 0 Å². The van der Waals surface area contributed by atoms with E-state index in [9.17, 15) is 9.59 Å². The molecule has 1 aromatic heterocycles. The van der Waals surface area contributed by atoms with E-state index >= 15 is 0 Å². The van der Waals surface area contributed by atoms with Gasteiger partial charge in [0, 0.05) is 44.9 Å². The van der Waals surface area contributed by atoms with E-state index in [-0.39, 0.29) is 11.6 Å². The molecule has 180 valence electrons. The Morgan fingerprint density at radius 1 is 1.00 bits per heavy atom. The largest absolute Gasteiger partial charge is 0.493 e. The topological polar surface area (TPSA) is 98.2 Å². The normalized spacial score (nSPS) is 13.6. The maximum absolute atomic E-state index is 13.1. The molecule has 1 saturated heterocycles. The standard InChI is InChI=1S/C24H29N5O5/c1-5-29-18-9-7-6-8-17(18)26-22(23(29)30)27-10-12-28(13-11-27)24(31)25-16-14-19(32-2)21(34-4)20(15-16)33-3/h6-9,14-15H,5,10-13H2,1-4H3,(H,25,31). The van der Waals surface area contributed by atoms with Gasteiger partial charge in [-0.05, 0) is 19.1 Å². The number of nitrogens with one attached hydrogen (secondary N) is 1. The van der Waals surface area contributed by atoms with Gasteiger partial charge in [-0.15, -0.1) is 0 Å². The van der Waals surface area contributed by atoms with Crippen LogP contribution in [0.2, 0.25) is 0 Å². The van der Waals surface area contributed by atoms with Crippen LogP contribution in [-0.2, 0) is 6.54 Å². The molecule has 3 aromatic rings. The average molecular weight is 468 g/mol. The predicted molar refractivity (Wildman–Crippen MR) is 131 cm³/mol. The molecule has 0 aliphatic carbocycles. The van der Waals surface area contributed by atoms with Crippen LogP contribution in [0, 0.1) is 0 Å². The number of amides is 2. The lowest BCUT2D eigenvalue weighted by molar-refractivity contribution is 0.208. The Hall–Kier alpha value is -3.95. The van der Waals surface area contributed by atoms with Crippen molar-refractivity contribution in [3.05, 3.63) is 46.8 Å². The summed E-state index contributed by atoms with van der Waals surface area (Å²) in [5.41, 5.74) is 2.02. The molecule has 0 saturated carbocycles. The van der Waals surface area contributed by atoms with Crippen molar-refractivity contribution < 1.29 is 19.0 Å². The monoisotopic (exact) mass is 467 g/mol. The number of ether oxygens (including phenoxy) is 3. The lowest BCUT2D eigenvalue weighted by Crippen LogP contribution is -2.51. The molecule has 2 heterocycles. The second-order valence-electron chi connectivity index (χ2n) is 7.79. The number of rotatable bonds is 6. The van der Waals surface area contributed by atoms with E-state index in [0.29, 0.717) is 61.5 Å². The molecule has 10 nitrogen and oxygen atoms in total. The molecule has 4 rings (SSSR count). The first-order valence-corrected chi connectivity index (χ1v) is 11.1. The Morgan fingerprint density at radius 2 is 1.65 bits per heavy atom. The minimum atomic E-state index is -0.244. The van der Waals surface area contributed by atoms with Crippen LogP contribution in [0.15, 0.2) is 41.2 Å². The van der Waals surface area contributed by atoms with Crippen molar-refractivity contribution in [1.29, 1.82) is 0 Å². The second kappa shape index (κ2) is 9.90. The molecule has 2 aromatic carbocycles. The summed E-state index contributed by atoms with van der Waals surface area (Å²) in [7, 11) is 4.57. The molecular weight excluding hydrogens is 438 g/mol. The van der Waals surface area contributed by atoms with Crippen molar-refractivity contribution in [2.24, 2.45) is 0 Å². The van der Waals surface area contributed by atoms with Gasteiger partial charge < -0.3 is 33.9 Å². The van der Waals surface area contributed by atoms with Crippen molar-refractivity contribution in [2.75, 3.05) is 57.7 Å². The van der Waals surface area contributed by atoms with Gasteiger partial charge in [0.05, 0.1) is 38.1 Å². The molecule has 0 atom stereocenters. The Bertz CT molecular complexity index is 1230. The van der Waals surface area contributed by atoms with Gasteiger partial charge in [0.15, 0.2) is 17.3 Å². The maximum atomic E-state index is 13.1. The van der Waals surface area contributed by atoms with Gasteiger partial charge in [0.25, 0.3) is 5.56 Å². The number of urea groups is 1. The highest BCUT2D eigenvalue weighted by molar-refractivity contribution is 5.90. The summed E-state index contributed by atoms with van der Waals surface area (Å²) in [5, 5.41) is 2.89. The summed E-state index contributed by atoms with van der Waals surface area (Å²) < 4.78 is 17.8. The van der Waals surface area contributed by atoms with Crippen LogP contribution in [0.5, 0.6) is 17.2 Å². The highest BCUT2D eigenvalue weighted by Crippen LogP contribution is 2.40. The van der Waals surface area contributed by atoms with E-state index in [0.717, 1.165) is 11.0 Å². The summed E-state index contributed by atoms with van der Waals surface area (Å²) in [6.45, 7) is 4.43. The summed E-state index contributed by atoms with van der Waals surface area (Å²) in [5.74, 6) is 1.79. The molecule has 0 bridgehead atoms. The van der Waals surface area contributed by atoms with Crippen molar-refractivity contribution in [2.45, 2.75) is 13.5 Å². The molecule has 2 amide bonds. The highest BCUT2D eigenvalue weighted by Gasteiger charge is 2.25. The molecule has 1 fully saturated rings. The van der Waals surface area contributed by atoms with Gasteiger partial charge >= 0.3 is 6.03 Å². The lowest BCUT2D eigenvalue weighted by atomic mass is 10.2. The van der Waals surface area contributed by atoms with Crippen LogP contribution in [0.25, 0.3) is 11.0 Å². The van der Waals surface area contributed by atoms with Gasteiger partial charge in [-0.1, -0.05) is 12.1 Å². The summed E-state index contributed by atoms with van der Waals surface area (Å²) in [6, 6.07) is 10.7. The van der Waals surface area contributed by atoms with Crippen LogP contribution < -0.4 is 30.0 Å². The molecule has 10 heteroatoms. The Labute approximate surface area is 197 Å². The van der Waals surface area contributed by atoms with Crippen LogP contribution in [0.1, 0.15) is 6.92 Å². The first-order chi connectivity index (χ1) is 16.5. The SMILES string of the molecule is CCn1c(=O)c(N2CCN(C(=O)Nc3cc(OC)c(OC)c(OC)c3)CC2)nc2ccccc21. The molecule has 1 aliphatic heterocycles. The summed E-state index contributed by atoms with van der Waals surface area (Å²) in [6.07, 6.45) is 0. The highest BCUT2D eigenvalue weighted by atomic mass is 16.5. The van der Waals surface area contributed by atoms with E-state index < -0.39 is 0 Å². The first kappa shape index (κ1) is 23.2. The molecule has 1 N–H and O–H groups in total. The zero-order valence-corrected chi connectivity index (χ0v) is 19.8. The number of methoxy groups -OCH3 is 3. The van der Waals surface area contributed by atoms with E-state index in [4.69, 9.17) is 14.2 Å². The molecule has 0 unspecified atom stereocenters. The fourth-order valence-electron chi connectivity index (χ4n) is 4.18. The Morgan fingerprint density at radius 3 is 2.24 bits per heavy atom. The van der Waals surface area contributed by atoms with Crippen LogP contribution in [0.4, 0.5) is 16.3 Å². The van der Waals surface area contributed by atoms with Gasteiger partial charge in [0.2, 0.25) is 5.75 Å². The Balaban J connectivity index is 1.48. The van der Waals surface area contributed by atoms with E-state index in [2.05, 4.69) is 10.3 Å². The third-order valence-corrected chi connectivity index (χ3v) is 5.93. The minimum Gasteiger partial charge on any atom is -0.493 e. The number of anilines is 2. The number of piperazine rings is 1. The minimum absolute atomic E-state index is 0.114. The number of hydrogen-bond acceptors (Lipinski definition) is 7. The number of carbonyl (C=O) groups is 1. The number of para-hydroxylation sites is 2. The first-order valence-electron chi connectivity index (χ1n) is 11.1. The predicted octanol–water partition coefficient (Wildman–Crippen LogP) is 2.80. The third-order valence-electron chi connectivity index (χ3n) is 5.93. The fourth-order valence-corrected chi connectivity index (χ4v) is 4.18. The van der Waals surface area contributed by atoms with E-state index in [1.807, 2.05) is 36.1 Å². The van der Waals surface area contributed by atoms with Crippen molar-refractivity contribution in [3.8, 4) is 17.2 Å². The number of nitrogens with zero attached hydrogens (tertiary/aromatic N) is 4. The van der Waals surface area contributed by atoms with Crippen LogP contribution in [-0.4, -0.2) is 68.0 Å². The van der Waals surface area contributed by atoms with Crippen molar-refractivity contribution in [1.82, 2.24) is 14.5 Å². The van der Waals surface area contributed by atoms with Gasteiger partial charge in [0.1, 0.15) is 0 Å². The quantitative estimate of drug-likeness (QED) is 0.595. The number of benzene rings is 2.